The smallest absolute Gasteiger partial charge is 0.224 e. The number of carbonyl (C=O) groups excluding carboxylic acids is 1. The summed E-state index contributed by atoms with van der Waals surface area (Å²) in [6, 6.07) is 0.0343. The normalized spacial score (nSPS) is 23.8. The van der Waals surface area contributed by atoms with Crippen molar-refractivity contribution in [3.63, 3.8) is 0 Å². The van der Waals surface area contributed by atoms with Crippen LogP contribution in [0.4, 0.5) is 0 Å². The zero-order chi connectivity index (χ0) is 12.3. The van der Waals surface area contributed by atoms with Crippen molar-refractivity contribution in [2.24, 2.45) is 11.7 Å². The summed E-state index contributed by atoms with van der Waals surface area (Å²) in [6.07, 6.45) is 4.21. The Balaban J connectivity index is 1.68. The highest BCUT2D eigenvalue weighted by molar-refractivity contribution is 5.76. The molecule has 1 heterocycles. The van der Waals surface area contributed by atoms with Crippen molar-refractivity contribution in [3.8, 4) is 0 Å². The van der Waals surface area contributed by atoms with Gasteiger partial charge >= 0.3 is 0 Å². The standard InChI is InChI=1S/C13H25N3O/c1-2-12(14)9-13(17)16-7-5-15(6-8-16)10-11-3-4-11/h11-12H,2-10,14H2,1H3. The van der Waals surface area contributed by atoms with Gasteiger partial charge in [0.15, 0.2) is 0 Å². The zero-order valence-corrected chi connectivity index (χ0v) is 10.9. The van der Waals surface area contributed by atoms with E-state index < -0.39 is 0 Å². The average molecular weight is 239 g/mol. The number of nitrogens with zero attached hydrogens (tertiary/aromatic N) is 2. The molecule has 4 nitrogen and oxygen atoms in total. The van der Waals surface area contributed by atoms with Gasteiger partial charge in [0.05, 0.1) is 0 Å². The van der Waals surface area contributed by atoms with Gasteiger partial charge in [-0.2, -0.15) is 0 Å². The molecule has 2 N–H and O–H groups in total. The van der Waals surface area contributed by atoms with Crippen molar-refractivity contribution < 1.29 is 4.79 Å². The maximum atomic E-state index is 11.9. The molecule has 0 radical (unpaired) electrons. The fourth-order valence-electron chi connectivity index (χ4n) is 2.34. The summed E-state index contributed by atoms with van der Waals surface area (Å²) in [6.45, 7) is 7.15. The second kappa shape index (κ2) is 5.83. The van der Waals surface area contributed by atoms with E-state index in [0.717, 1.165) is 38.5 Å². The molecule has 2 fully saturated rings. The van der Waals surface area contributed by atoms with Gasteiger partial charge in [0.25, 0.3) is 0 Å². The van der Waals surface area contributed by atoms with E-state index in [-0.39, 0.29) is 11.9 Å². The van der Waals surface area contributed by atoms with E-state index in [1.54, 1.807) is 0 Å². The Labute approximate surface area is 104 Å². The number of amides is 1. The third-order valence-electron chi connectivity index (χ3n) is 3.90. The lowest BCUT2D eigenvalue weighted by Gasteiger charge is -2.35. The molecule has 1 atom stereocenters. The van der Waals surface area contributed by atoms with Crippen LogP contribution in [0.2, 0.25) is 0 Å². The van der Waals surface area contributed by atoms with E-state index in [9.17, 15) is 4.79 Å². The van der Waals surface area contributed by atoms with E-state index in [4.69, 9.17) is 5.73 Å². The summed E-state index contributed by atoms with van der Waals surface area (Å²) in [4.78, 5) is 16.4. The van der Waals surface area contributed by atoms with Gasteiger partial charge in [-0.05, 0) is 25.2 Å². The Bertz CT molecular complexity index is 257. The molecule has 1 aliphatic carbocycles. The minimum Gasteiger partial charge on any atom is -0.340 e. The number of nitrogens with two attached hydrogens (primary N) is 1. The van der Waals surface area contributed by atoms with Crippen LogP contribution in [0.5, 0.6) is 0 Å². The molecule has 17 heavy (non-hydrogen) atoms. The molecule has 1 saturated carbocycles. The third kappa shape index (κ3) is 3.96. The van der Waals surface area contributed by atoms with Crippen LogP contribution in [0.15, 0.2) is 0 Å². The Morgan fingerprint density at radius 1 is 1.29 bits per heavy atom. The van der Waals surface area contributed by atoms with Crippen molar-refractivity contribution in [3.05, 3.63) is 0 Å². The largest absolute Gasteiger partial charge is 0.340 e. The second-order valence-corrected chi connectivity index (χ2v) is 5.50. The molecule has 0 aromatic rings. The number of piperazine rings is 1. The second-order valence-electron chi connectivity index (χ2n) is 5.50. The highest BCUT2D eigenvalue weighted by Crippen LogP contribution is 2.29. The minimum atomic E-state index is 0.0343. The van der Waals surface area contributed by atoms with E-state index in [1.807, 2.05) is 11.8 Å². The predicted octanol–water partition coefficient (Wildman–Crippen LogP) is 0.668. The number of carbonyl (C=O) groups is 1. The van der Waals surface area contributed by atoms with Gasteiger partial charge in [-0.25, -0.2) is 0 Å². The van der Waals surface area contributed by atoms with Gasteiger partial charge in [0.1, 0.15) is 0 Å². The SMILES string of the molecule is CCC(N)CC(=O)N1CCN(CC2CC2)CC1. The summed E-state index contributed by atoms with van der Waals surface area (Å²) in [5, 5.41) is 0. The van der Waals surface area contributed by atoms with Crippen molar-refractivity contribution in [1.29, 1.82) is 0 Å². The molecular weight excluding hydrogens is 214 g/mol. The Hall–Kier alpha value is -0.610. The zero-order valence-electron chi connectivity index (χ0n) is 10.9. The van der Waals surface area contributed by atoms with Crippen LogP contribution < -0.4 is 5.73 Å². The molecule has 98 valence electrons. The lowest BCUT2D eigenvalue weighted by Crippen LogP contribution is -2.50. The summed E-state index contributed by atoms with van der Waals surface area (Å²) >= 11 is 0. The molecule has 2 aliphatic rings. The lowest BCUT2D eigenvalue weighted by molar-refractivity contribution is -0.133. The number of rotatable bonds is 5. The molecule has 4 heteroatoms. The molecule has 2 rings (SSSR count). The van der Waals surface area contributed by atoms with Crippen LogP contribution in [0, 0.1) is 5.92 Å². The molecular formula is C13H25N3O. The molecule has 1 saturated heterocycles. The number of hydrogen-bond acceptors (Lipinski definition) is 3. The van der Waals surface area contributed by atoms with Crippen LogP contribution >= 0.6 is 0 Å². The van der Waals surface area contributed by atoms with E-state index in [0.29, 0.717) is 6.42 Å². The molecule has 0 aromatic carbocycles. The van der Waals surface area contributed by atoms with Gasteiger partial charge in [0.2, 0.25) is 5.91 Å². The molecule has 0 aromatic heterocycles. The summed E-state index contributed by atoms with van der Waals surface area (Å²) in [5.74, 6) is 1.19. The first-order valence-corrected chi connectivity index (χ1v) is 6.94. The summed E-state index contributed by atoms with van der Waals surface area (Å²) in [7, 11) is 0. The van der Waals surface area contributed by atoms with Crippen LogP contribution in [-0.2, 0) is 4.79 Å². The van der Waals surface area contributed by atoms with Crippen LogP contribution in [0.3, 0.4) is 0 Å². The van der Waals surface area contributed by atoms with Crippen LogP contribution in [0.1, 0.15) is 32.6 Å². The topological polar surface area (TPSA) is 49.6 Å². The van der Waals surface area contributed by atoms with Crippen molar-refractivity contribution in [2.45, 2.75) is 38.6 Å². The first-order valence-electron chi connectivity index (χ1n) is 6.94. The molecule has 1 unspecified atom stereocenters. The molecule has 0 bridgehead atoms. The highest BCUT2D eigenvalue weighted by atomic mass is 16.2. The average Bonchev–Trinajstić information content (AvgIpc) is 3.13. The highest BCUT2D eigenvalue weighted by Gasteiger charge is 2.27. The fraction of sp³-hybridized carbons (Fsp3) is 0.923. The fourth-order valence-corrected chi connectivity index (χ4v) is 2.34. The van der Waals surface area contributed by atoms with E-state index in [2.05, 4.69) is 4.90 Å². The number of hydrogen-bond donors (Lipinski definition) is 1. The lowest BCUT2D eigenvalue weighted by atomic mass is 10.1. The first kappa shape index (κ1) is 12.8. The van der Waals surface area contributed by atoms with E-state index in [1.165, 1.54) is 19.4 Å². The molecule has 0 spiro atoms. The maximum Gasteiger partial charge on any atom is 0.224 e. The van der Waals surface area contributed by atoms with Crippen molar-refractivity contribution in [2.75, 3.05) is 32.7 Å². The van der Waals surface area contributed by atoms with Crippen molar-refractivity contribution in [1.82, 2.24) is 9.80 Å². The third-order valence-corrected chi connectivity index (χ3v) is 3.90. The first-order chi connectivity index (χ1) is 8.19. The molecule has 1 aliphatic heterocycles. The minimum absolute atomic E-state index is 0.0343. The van der Waals surface area contributed by atoms with Gasteiger partial charge in [-0.1, -0.05) is 6.92 Å². The summed E-state index contributed by atoms with van der Waals surface area (Å²) < 4.78 is 0. The van der Waals surface area contributed by atoms with Crippen molar-refractivity contribution >= 4 is 5.91 Å². The van der Waals surface area contributed by atoms with Gasteiger partial charge in [-0.3, -0.25) is 9.69 Å². The van der Waals surface area contributed by atoms with E-state index >= 15 is 0 Å². The van der Waals surface area contributed by atoms with Crippen LogP contribution in [-0.4, -0.2) is 54.5 Å². The Kier molecular flexibility index (Phi) is 4.40. The predicted molar refractivity (Wildman–Crippen MR) is 68.6 cm³/mol. The van der Waals surface area contributed by atoms with Crippen LogP contribution in [0.25, 0.3) is 0 Å². The van der Waals surface area contributed by atoms with Gasteiger partial charge in [0, 0.05) is 45.2 Å². The monoisotopic (exact) mass is 239 g/mol. The summed E-state index contributed by atoms with van der Waals surface area (Å²) in [5.41, 5.74) is 5.82. The van der Waals surface area contributed by atoms with Gasteiger partial charge in [-0.15, -0.1) is 0 Å². The Morgan fingerprint density at radius 2 is 1.94 bits per heavy atom. The quantitative estimate of drug-likeness (QED) is 0.767. The maximum absolute atomic E-state index is 11.9. The van der Waals surface area contributed by atoms with Gasteiger partial charge < -0.3 is 10.6 Å². The molecule has 1 amide bonds. The Morgan fingerprint density at radius 3 is 2.47 bits per heavy atom.